The topological polar surface area (TPSA) is 58.4 Å². The molecule has 0 N–H and O–H groups in total. The second-order valence-electron chi connectivity index (χ2n) is 10.8. The van der Waals surface area contributed by atoms with Gasteiger partial charge in [0.1, 0.15) is 0 Å². The number of Topliss-reactive ketones (excluding diaryl/α,β-unsaturated/α-hetero) is 2. The molecule has 2 aliphatic carbocycles. The van der Waals surface area contributed by atoms with Gasteiger partial charge in [0.2, 0.25) is 0 Å². The Hall–Kier alpha value is -2.73. The number of carbonyl (C=O) groups excluding carboxylic acids is 2. The van der Waals surface area contributed by atoms with Gasteiger partial charge in [-0.25, -0.2) is 0 Å². The van der Waals surface area contributed by atoms with Gasteiger partial charge in [0.15, 0.2) is 11.6 Å². The van der Waals surface area contributed by atoms with E-state index in [0.29, 0.717) is 31.3 Å². The van der Waals surface area contributed by atoms with Crippen LogP contribution in [-0.2, 0) is 11.8 Å². The van der Waals surface area contributed by atoms with Crippen molar-refractivity contribution in [1.82, 2.24) is 14.7 Å². The number of carbonyl (C=O) groups is 2. The molecule has 1 aromatic heterocycles. The minimum absolute atomic E-state index is 0.0935. The van der Waals surface area contributed by atoms with E-state index in [1.165, 1.54) is 12.8 Å². The summed E-state index contributed by atoms with van der Waals surface area (Å²) in [5.41, 5.74) is 6.71. The van der Waals surface area contributed by atoms with Crippen LogP contribution in [0.5, 0.6) is 0 Å². The van der Waals surface area contributed by atoms with Crippen LogP contribution in [0.15, 0.2) is 35.1 Å². The van der Waals surface area contributed by atoms with Crippen LogP contribution in [0.3, 0.4) is 0 Å². The van der Waals surface area contributed by atoms with E-state index in [4.69, 9.17) is 0 Å². The van der Waals surface area contributed by atoms with E-state index < -0.39 is 0 Å². The van der Waals surface area contributed by atoms with Crippen LogP contribution in [0.25, 0.3) is 10.9 Å². The van der Waals surface area contributed by atoms with Gasteiger partial charge >= 0.3 is 0 Å². The van der Waals surface area contributed by atoms with Gasteiger partial charge in [-0.15, -0.1) is 0 Å². The smallest absolute Gasteiger partial charge is 0.163 e. The summed E-state index contributed by atoms with van der Waals surface area (Å²) in [5, 5.41) is 5.64. The number of aromatic nitrogens is 2. The molecule has 0 unspecified atom stereocenters. The van der Waals surface area contributed by atoms with E-state index in [1.54, 1.807) is 0 Å². The number of benzene rings is 1. The molecule has 35 heavy (non-hydrogen) atoms. The predicted octanol–water partition coefficient (Wildman–Crippen LogP) is 5.39. The zero-order valence-corrected chi connectivity index (χ0v) is 22.4. The summed E-state index contributed by atoms with van der Waals surface area (Å²) in [5.74, 6) is 0.249. The van der Waals surface area contributed by atoms with Crippen molar-refractivity contribution in [3.8, 4) is 0 Å². The fourth-order valence-electron chi connectivity index (χ4n) is 6.06. The largest absolute Gasteiger partial charge is 0.371 e. The highest BCUT2D eigenvalue weighted by atomic mass is 16.1. The molecule has 0 aliphatic heterocycles. The van der Waals surface area contributed by atoms with E-state index in [1.807, 2.05) is 38.7 Å². The Balaban J connectivity index is 1.62. The van der Waals surface area contributed by atoms with Gasteiger partial charge in [0.05, 0.1) is 11.7 Å². The molecule has 6 nitrogen and oxygen atoms in total. The molecule has 1 aromatic carbocycles. The van der Waals surface area contributed by atoms with Crippen molar-refractivity contribution in [3.63, 3.8) is 0 Å². The average molecular weight is 477 g/mol. The van der Waals surface area contributed by atoms with Crippen LogP contribution < -0.4 is 4.90 Å². The Morgan fingerprint density at radius 2 is 1.74 bits per heavy atom. The average Bonchev–Trinajstić information content (AvgIpc) is 3.20. The second kappa shape index (κ2) is 10.1. The van der Waals surface area contributed by atoms with Gasteiger partial charge in [0, 0.05) is 55.7 Å². The summed E-state index contributed by atoms with van der Waals surface area (Å²) in [6.07, 6.45) is 9.96. The standard InChI is InChI=1S/C29H40N4O2/c1-18-14-19(2)23(28(35)15-18)12-13-27(34)24-16-26(25-17-30-33(7)29(25)20(24)3)32(6)22-10-8-21(9-11-22)31(4)5/h14,16-17,21-22H,8-13,15H2,1-7H3. The lowest BCUT2D eigenvalue weighted by atomic mass is 9.87. The zero-order valence-electron chi connectivity index (χ0n) is 22.4. The molecule has 0 atom stereocenters. The summed E-state index contributed by atoms with van der Waals surface area (Å²) < 4.78 is 1.88. The van der Waals surface area contributed by atoms with Gasteiger partial charge in [0.25, 0.3) is 0 Å². The number of aryl methyl sites for hydroxylation is 2. The predicted molar refractivity (Wildman–Crippen MR) is 143 cm³/mol. The normalized spacial score (nSPS) is 21.1. The minimum atomic E-state index is 0.0935. The number of rotatable bonds is 7. The van der Waals surface area contributed by atoms with E-state index in [-0.39, 0.29) is 11.6 Å². The lowest BCUT2D eigenvalue weighted by Crippen LogP contribution is -2.40. The first kappa shape index (κ1) is 25.4. The molecule has 1 fully saturated rings. The monoisotopic (exact) mass is 476 g/mol. The molecule has 2 aliphatic rings. The SMILES string of the molecule is CC1=CC(C)=C(CCC(=O)c2cc(N(C)C3CCC(N(C)C)CC3)c3cnn(C)c3c2C)C(=O)C1. The Morgan fingerprint density at radius 3 is 2.37 bits per heavy atom. The fraction of sp³-hybridized carbons (Fsp3) is 0.552. The van der Waals surface area contributed by atoms with Gasteiger partial charge in [-0.3, -0.25) is 14.3 Å². The molecule has 1 heterocycles. The van der Waals surface area contributed by atoms with Crippen molar-refractivity contribution >= 4 is 28.2 Å². The van der Waals surface area contributed by atoms with Crippen molar-refractivity contribution in [2.45, 2.75) is 77.8 Å². The summed E-state index contributed by atoms with van der Waals surface area (Å²) in [6, 6.07) is 3.17. The molecule has 0 saturated heterocycles. The van der Waals surface area contributed by atoms with Crippen LogP contribution in [0.4, 0.5) is 5.69 Å². The van der Waals surface area contributed by atoms with E-state index in [9.17, 15) is 9.59 Å². The van der Waals surface area contributed by atoms with E-state index >= 15 is 0 Å². The highest BCUT2D eigenvalue weighted by Crippen LogP contribution is 2.36. The van der Waals surface area contributed by atoms with Crippen molar-refractivity contribution in [2.75, 3.05) is 26.0 Å². The lowest BCUT2D eigenvalue weighted by molar-refractivity contribution is -0.115. The number of ketones is 2. The van der Waals surface area contributed by atoms with Crippen molar-refractivity contribution < 1.29 is 9.59 Å². The number of anilines is 1. The highest BCUT2D eigenvalue weighted by Gasteiger charge is 2.28. The first-order valence-electron chi connectivity index (χ1n) is 12.9. The maximum absolute atomic E-state index is 13.5. The van der Waals surface area contributed by atoms with Gasteiger partial charge in [-0.1, -0.05) is 11.6 Å². The van der Waals surface area contributed by atoms with Crippen LogP contribution in [0.2, 0.25) is 0 Å². The van der Waals surface area contributed by atoms with Crippen molar-refractivity contribution in [3.05, 3.63) is 46.2 Å². The third kappa shape index (κ3) is 4.99. The third-order valence-electron chi connectivity index (χ3n) is 8.20. The summed E-state index contributed by atoms with van der Waals surface area (Å²) >= 11 is 0. The lowest BCUT2D eigenvalue weighted by Gasteiger charge is -2.38. The fourth-order valence-corrected chi connectivity index (χ4v) is 6.06. The van der Waals surface area contributed by atoms with Crippen LogP contribution in [0.1, 0.15) is 74.7 Å². The molecule has 2 aromatic rings. The molecule has 1 saturated carbocycles. The van der Waals surface area contributed by atoms with Crippen LogP contribution in [-0.4, -0.2) is 59.5 Å². The third-order valence-corrected chi connectivity index (χ3v) is 8.20. The number of fused-ring (bicyclic) bond motifs is 1. The molecule has 4 rings (SSSR count). The first-order chi connectivity index (χ1) is 16.6. The number of hydrogen-bond acceptors (Lipinski definition) is 5. The molecular formula is C29H40N4O2. The van der Waals surface area contributed by atoms with Gasteiger partial charge < -0.3 is 9.80 Å². The number of hydrogen-bond donors (Lipinski definition) is 0. The molecule has 188 valence electrons. The number of allylic oxidation sites excluding steroid dienone is 4. The van der Waals surface area contributed by atoms with E-state index in [2.05, 4.69) is 48.2 Å². The summed E-state index contributed by atoms with van der Waals surface area (Å²) in [4.78, 5) is 30.8. The molecular weight excluding hydrogens is 436 g/mol. The van der Waals surface area contributed by atoms with Crippen LogP contribution in [0, 0.1) is 6.92 Å². The highest BCUT2D eigenvalue weighted by molar-refractivity contribution is 6.07. The van der Waals surface area contributed by atoms with Gasteiger partial charge in [-0.2, -0.15) is 5.10 Å². The van der Waals surface area contributed by atoms with Crippen molar-refractivity contribution in [1.29, 1.82) is 0 Å². The quantitative estimate of drug-likeness (QED) is 0.502. The zero-order chi connectivity index (χ0) is 25.4. The Bertz CT molecular complexity index is 1210. The molecule has 0 bridgehead atoms. The first-order valence-corrected chi connectivity index (χ1v) is 12.9. The Morgan fingerprint density at radius 1 is 1.09 bits per heavy atom. The van der Waals surface area contributed by atoms with Crippen molar-refractivity contribution in [2.24, 2.45) is 7.05 Å². The summed E-state index contributed by atoms with van der Waals surface area (Å²) in [6.45, 7) is 5.98. The molecule has 0 spiro atoms. The Kier molecular flexibility index (Phi) is 7.32. The van der Waals surface area contributed by atoms with Gasteiger partial charge in [-0.05, 0) is 89.7 Å². The second-order valence-corrected chi connectivity index (χ2v) is 10.8. The molecule has 6 heteroatoms. The van der Waals surface area contributed by atoms with Crippen LogP contribution >= 0.6 is 0 Å². The minimum Gasteiger partial charge on any atom is -0.371 e. The maximum atomic E-state index is 13.5. The molecule has 0 radical (unpaired) electrons. The Labute approximate surface area is 209 Å². The summed E-state index contributed by atoms with van der Waals surface area (Å²) in [7, 11) is 8.44. The molecule has 0 amide bonds. The van der Waals surface area contributed by atoms with E-state index in [0.717, 1.165) is 57.3 Å². The number of nitrogens with zero attached hydrogens (tertiary/aromatic N) is 4. The maximum Gasteiger partial charge on any atom is 0.163 e.